The van der Waals surface area contributed by atoms with Gasteiger partial charge >= 0.3 is 0 Å². The zero-order valence-corrected chi connectivity index (χ0v) is 14.5. The summed E-state index contributed by atoms with van der Waals surface area (Å²) in [6, 6.07) is 16.1. The van der Waals surface area contributed by atoms with Gasteiger partial charge < -0.3 is 9.47 Å². The second kappa shape index (κ2) is 9.29. The number of nitrogens with zero attached hydrogens (tertiary/aromatic N) is 1. The summed E-state index contributed by atoms with van der Waals surface area (Å²) in [4.78, 5) is 12.5. The molecule has 0 spiro atoms. The molecule has 0 amide bonds. The normalized spacial score (nSPS) is 10.8. The third-order valence-electron chi connectivity index (χ3n) is 3.65. The third-order valence-corrected chi connectivity index (χ3v) is 3.65. The number of Topliss-reactive ketones (excluding diaryl/α,β-unsaturated/α-hetero) is 1. The summed E-state index contributed by atoms with van der Waals surface area (Å²) in [5.41, 5.74) is 1.27. The number of unbranched alkanes of at least 4 members (excludes halogenated alkanes) is 1. The Morgan fingerprint density at radius 2 is 1.92 bits per heavy atom. The summed E-state index contributed by atoms with van der Waals surface area (Å²) in [5, 5.41) is 9.35. The maximum absolute atomic E-state index is 12.5. The van der Waals surface area contributed by atoms with Crippen LogP contribution in [0.3, 0.4) is 0 Å². The Bertz CT molecular complexity index is 786. The summed E-state index contributed by atoms with van der Waals surface area (Å²) in [5.74, 6) is 1.03. The van der Waals surface area contributed by atoms with Crippen molar-refractivity contribution in [3.8, 4) is 17.6 Å². The second-order valence-electron chi connectivity index (χ2n) is 5.50. The summed E-state index contributed by atoms with van der Waals surface area (Å²) in [6.45, 7) is 2.80. The SMILES string of the molecule is CCCCOc1ccc(/C=C(\C#N)C(=O)c2cccc(OC)c2)cc1. The summed E-state index contributed by atoms with van der Waals surface area (Å²) in [7, 11) is 1.54. The first-order valence-corrected chi connectivity index (χ1v) is 8.21. The molecule has 0 unspecified atom stereocenters. The Morgan fingerprint density at radius 1 is 1.16 bits per heavy atom. The predicted octanol–water partition coefficient (Wildman–Crippen LogP) is 4.66. The van der Waals surface area contributed by atoms with E-state index in [0.29, 0.717) is 17.9 Å². The molecule has 0 heterocycles. The van der Waals surface area contributed by atoms with Gasteiger partial charge in [0.1, 0.15) is 23.1 Å². The van der Waals surface area contributed by atoms with Gasteiger partial charge in [-0.2, -0.15) is 5.26 Å². The number of carbonyl (C=O) groups excluding carboxylic acids is 1. The molecule has 0 saturated heterocycles. The molecular weight excluding hydrogens is 314 g/mol. The van der Waals surface area contributed by atoms with E-state index in [2.05, 4.69) is 6.92 Å². The maximum atomic E-state index is 12.5. The molecule has 2 rings (SSSR count). The minimum Gasteiger partial charge on any atom is -0.497 e. The van der Waals surface area contributed by atoms with Gasteiger partial charge in [0.15, 0.2) is 0 Å². The van der Waals surface area contributed by atoms with Gasteiger partial charge in [0.25, 0.3) is 0 Å². The lowest BCUT2D eigenvalue weighted by atomic mass is 10.0. The number of rotatable bonds is 8. The van der Waals surface area contributed by atoms with Crippen molar-refractivity contribution in [2.75, 3.05) is 13.7 Å². The highest BCUT2D eigenvalue weighted by molar-refractivity contribution is 6.14. The van der Waals surface area contributed by atoms with Crippen LogP contribution in [0.5, 0.6) is 11.5 Å². The van der Waals surface area contributed by atoms with E-state index in [1.165, 1.54) is 7.11 Å². The van der Waals surface area contributed by atoms with E-state index >= 15 is 0 Å². The Morgan fingerprint density at radius 3 is 2.56 bits per heavy atom. The van der Waals surface area contributed by atoms with Gasteiger partial charge in [-0.3, -0.25) is 4.79 Å². The van der Waals surface area contributed by atoms with Gasteiger partial charge in [-0.1, -0.05) is 37.6 Å². The molecule has 4 heteroatoms. The third kappa shape index (κ3) is 5.22. The van der Waals surface area contributed by atoms with Crippen LogP contribution < -0.4 is 9.47 Å². The van der Waals surface area contributed by atoms with Crippen LogP contribution in [-0.4, -0.2) is 19.5 Å². The number of methoxy groups -OCH3 is 1. The van der Waals surface area contributed by atoms with Gasteiger partial charge in [0.2, 0.25) is 5.78 Å². The number of allylic oxidation sites excluding steroid dienone is 1. The monoisotopic (exact) mass is 335 g/mol. The molecule has 0 atom stereocenters. The molecule has 0 fully saturated rings. The van der Waals surface area contributed by atoms with Crippen LogP contribution >= 0.6 is 0 Å². The van der Waals surface area contributed by atoms with Crippen molar-refractivity contribution in [2.24, 2.45) is 0 Å². The van der Waals surface area contributed by atoms with E-state index in [0.717, 1.165) is 24.2 Å². The van der Waals surface area contributed by atoms with Crippen LogP contribution in [0.1, 0.15) is 35.7 Å². The first kappa shape index (κ1) is 18.3. The lowest BCUT2D eigenvalue weighted by molar-refractivity contribution is 0.103. The zero-order valence-electron chi connectivity index (χ0n) is 14.5. The Balaban J connectivity index is 2.16. The average Bonchev–Trinajstić information content (AvgIpc) is 2.67. The second-order valence-corrected chi connectivity index (χ2v) is 5.50. The molecule has 0 aromatic heterocycles. The number of nitriles is 1. The predicted molar refractivity (Wildman–Crippen MR) is 97.8 cm³/mol. The number of ether oxygens (including phenoxy) is 2. The highest BCUT2D eigenvalue weighted by Gasteiger charge is 2.13. The fourth-order valence-corrected chi connectivity index (χ4v) is 2.23. The van der Waals surface area contributed by atoms with Gasteiger partial charge in [0, 0.05) is 5.56 Å². The standard InChI is InChI=1S/C21H21NO3/c1-3-4-12-25-19-10-8-16(9-11-19)13-18(15-22)21(23)17-6-5-7-20(14-17)24-2/h5-11,13-14H,3-4,12H2,1-2H3/b18-13+. The van der Waals surface area contributed by atoms with Gasteiger partial charge in [-0.25, -0.2) is 0 Å². The van der Waals surface area contributed by atoms with Crippen LogP contribution in [0.15, 0.2) is 54.1 Å². The Kier molecular flexibility index (Phi) is 6.79. The van der Waals surface area contributed by atoms with Gasteiger partial charge in [-0.05, 0) is 42.3 Å². The number of hydrogen-bond acceptors (Lipinski definition) is 4. The molecule has 0 radical (unpaired) electrons. The molecule has 0 aliphatic carbocycles. The number of hydrogen-bond donors (Lipinski definition) is 0. The maximum Gasteiger partial charge on any atom is 0.203 e. The van der Waals surface area contributed by atoms with Crippen LogP contribution in [0.4, 0.5) is 0 Å². The molecule has 0 aliphatic rings. The molecule has 0 N–H and O–H groups in total. The van der Waals surface area contributed by atoms with Crippen molar-refractivity contribution >= 4 is 11.9 Å². The molecule has 128 valence electrons. The van der Waals surface area contributed by atoms with E-state index in [4.69, 9.17) is 9.47 Å². The summed E-state index contributed by atoms with van der Waals surface area (Å²) >= 11 is 0. The minimum atomic E-state index is -0.329. The van der Waals surface area contributed by atoms with Crippen molar-refractivity contribution in [3.63, 3.8) is 0 Å². The largest absolute Gasteiger partial charge is 0.497 e. The molecule has 25 heavy (non-hydrogen) atoms. The van der Waals surface area contributed by atoms with Gasteiger partial charge in [0.05, 0.1) is 13.7 Å². The van der Waals surface area contributed by atoms with E-state index in [9.17, 15) is 10.1 Å². The molecule has 2 aromatic rings. The highest BCUT2D eigenvalue weighted by atomic mass is 16.5. The Hall–Kier alpha value is -3.06. The van der Waals surface area contributed by atoms with Crippen LogP contribution in [0.2, 0.25) is 0 Å². The van der Waals surface area contributed by atoms with E-state index in [-0.39, 0.29) is 11.4 Å². The molecule has 2 aromatic carbocycles. The highest BCUT2D eigenvalue weighted by Crippen LogP contribution is 2.19. The number of ketones is 1. The topological polar surface area (TPSA) is 59.3 Å². The molecule has 0 aliphatic heterocycles. The first-order chi connectivity index (χ1) is 12.2. The number of benzene rings is 2. The van der Waals surface area contributed by atoms with E-state index < -0.39 is 0 Å². The molecule has 0 bridgehead atoms. The van der Waals surface area contributed by atoms with Crippen LogP contribution in [0.25, 0.3) is 6.08 Å². The van der Waals surface area contributed by atoms with Crippen molar-refractivity contribution in [1.82, 2.24) is 0 Å². The lowest BCUT2D eigenvalue weighted by Crippen LogP contribution is -2.02. The quantitative estimate of drug-likeness (QED) is 0.304. The minimum absolute atomic E-state index is 0.0768. The fourth-order valence-electron chi connectivity index (χ4n) is 2.23. The van der Waals surface area contributed by atoms with Crippen molar-refractivity contribution in [1.29, 1.82) is 5.26 Å². The zero-order chi connectivity index (χ0) is 18.1. The fraction of sp³-hybridized carbons (Fsp3) is 0.238. The summed E-state index contributed by atoms with van der Waals surface area (Å²) < 4.78 is 10.7. The molecule has 4 nitrogen and oxygen atoms in total. The lowest BCUT2D eigenvalue weighted by Gasteiger charge is -2.06. The summed E-state index contributed by atoms with van der Waals surface area (Å²) in [6.07, 6.45) is 3.67. The Labute approximate surface area is 148 Å². The van der Waals surface area contributed by atoms with Crippen LogP contribution in [-0.2, 0) is 0 Å². The van der Waals surface area contributed by atoms with Crippen LogP contribution in [0, 0.1) is 11.3 Å². The van der Waals surface area contributed by atoms with Gasteiger partial charge in [-0.15, -0.1) is 0 Å². The van der Waals surface area contributed by atoms with Crippen molar-refractivity contribution in [2.45, 2.75) is 19.8 Å². The smallest absolute Gasteiger partial charge is 0.203 e. The van der Waals surface area contributed by atoms with Crippen molar-refractivity contribution < 1.29 is 14.3 Å². The first-order valence-electron chi connectivity index (χ1n) is 8.21. The molecular formula is C21H21NO3. The van der Waals surface area contributed by atoms with Crippen molar-refractivity contribution in [3.05, 3.63) is 65.2 Å². The number of carbonyl (C=O) groups is 1. The van der Waals surface area contributed by atoms with E-state index in [1.807, 2.05) is 30.3 Å². The van der Waals surface area contributed by atoms with E-state index in [1.54, 1.807) is 30.3 Å². The average molecular weight is 335 g/mol. The molecule has 0 saturated carbocycles.